The van der Waals surface area contributed by atoms with E-state index in [0.29, 0.717) is 6.07 Å². The maximum absolute atomic E-state index is 13.4. The average Bonchev–Trinajstić information content (AvgIpc) is 2.53. The van der Waals surface area contributed by atoms with Crippen LogP contribution in [0.3, 0.4) is 0 Å². The van der Waals surface area contributed by atoms with Gasteiger partial charge in [-0.15, -0.1) is 0 Å². The first kappa shape index (κ1) is 17.6. The number of hydrogen-bond acceptors (Lipinski definition) is 1. The molecule has 0 aliphatic carbocycles. The molecule has 2 nitrogen and oxygen atoms in total. The van der Waals surface area contributed by atoms with Crippen LogP contribution in [0, 0.1) is 17.5 Å². The van der Waals surface area contributed by atoms with Crippen molar-refractivity contribution in [2.24, 2.45) is 0 Å². The van der Waals surface area contributed by atoms with Gasteiger partial charge in [-0.3, -0.25) is 4.79 Å². The molecule has 0 unspecified atom stereocenters. The number of benzene rings is 2. The van der Waals surface area contributed by atoms with Crippen molar-refractivity contribution >= 4 is 17.7 Å². The summed E-state index contributed by atoms with van der Waals surface area (Å²) in [6.45, 7) is 0. The molecule has 2 aromatic rings. The smallest absolute Gasteiger partial charge is 0.320 e. The van der Waals surface area contributed by atoms with E-state index in [1.54, 1.807) is 0 Å². The summed E-state index contributed by atoms with van der Waals surface area (Å²) in [6, 6.07) is 5.64. The van der Waals surface area contributed by atoms with Crippen LogP contribution in [0.5, 0.6) is 0 Å². The first-order valence-electron chi connectivity index (χ1n) is 6.48. The Bertz CT molecular complexity index is 798. The Balaban J connectivity index is 2.13. The Morgan fingerprint density at radius 2 is 1.71 bits per heavy atom. The lowest BCUT2D eigenvalue weighted by Crippen LogP contribution is -2.10. The van der Waals surface area contributed by atoms with Crippen LogP contribution in [0.2, 0.25) is 0 Å². The van der Waals surface area contributed by atoms with Gasteiger partial charge in [-0.1, -0.05) is 12.1 Å². The van der Waals surface area contributed by atoms with Gasteiger partial charge in [0.1, 0.15) is 0 Å². The Labute approximate surface area is 132 Å². The zero-order valence-corrected chi connectivity index (χ0v) is 11.8. The van der Waals surface area contributed by atoms with Crippen LogP contribution >= 0.6 is 0 Å². The highest BCUT2D eigenvalue weighted by Gasteiger charge is 2.30. The molecule has 0 spiro atoms. The quantitative estimate of drug-likeness (QED) is 0.484. The number of carbonyl (C=O) groups is 1. The van der Waals surface area contributed by atoms with Crippen LogP contribution in [-0.4, -0.2) is 5.91 Å². The predicted octanol–water partition coefficient (Wildman–Crippen LogP) is 4.77. The molecular weight excluding hydrogens is 336 g/mol. The fraction of sp³-hybridized carbons (Fsp3) is 0.0625. The van der Waals surface area contributed by atoms with E-state index in [4.69, 9.17) is 0 Å². The van der Waals surface area contributed by atoms with E-state index in [2.05, 4.69) is 0 Å². The van der Waals surface area contributed by atoms with Crippen molar-refractivity contribution in [1.29, 1.82) is 0 Å². The highest BCUT2D eigenvalue weighted by molar-refractivity contribution is 6.02. The van der Waals surface area contributed by atoms with Crippen molar-refractivity contribution in [3.8, 4) is 0 Å². The largest absolute Gasteiger partial charge is 0.416 e. The molecule has 1 amide bonds. The van der Waals surface area contributed by atoms with Crippen molar-refractivity contribution in [2.45, 2.75) is 6.18 Å². The molecule has 2 rings (SSSR count). The second-order valence-corrected chi connectivity index (χ2v) is 4.67. The molecule has 0 aliphatic heterocycles. The lowest BCUT2D eigenvalue weighted by molar-refractivity contribution is -0.137. The van der Waals surface area contributed by atoms with Crippen LogP contribution in [0.1, 0.15) is 11.1 Å². The summed E-state index contributed by atoms with van der Waals surface area (Å²) in [5, 5.41) is 1.96. The number of halogens is 6. The van der Waals surface area contributed by atoms with Crippen molar-refractivity contribution in [3.63, 3.8) is 0 Å². The molecule has 0 aliphatic rings. The van der Waals surface area contributed by atoms with Gasteiger partial charge in [0.05, 0.1) is 11.3 Å². The molecule has 0 saturated heterocycles. The third-order valence-corrected chi connectivity index (χ3v) is 2.93. The summed E-state index contributed by atoms with van der Waals surface area (Å²) < 4.78 is 76.9. The van der Waals surface area contributed by atoms with Crippen LogP contribution in [-0.2, 0) is 11.0 Å². The monoisotopic (exact) mass is 345 g/mol. The molecule has 8 heteroatoms. The zero-order valence-electron chi connectivity index (χ0n) is 11.8. The van der Waals surface area contributed by atoms with E-state index in [1.807, 2.05) is 5.32 Å². The molecule has 24 heavy (non-hydrogen) atoms. The van der Waals surface area contributed by atoms with E-state index in [1.165, 1.54) is 6.07 Å². The molecular formula is C16H9F6NO. The Morgan fingerprint density at radius 3 is 2.38 bits per heavy atom. The van der Waals surface area contributed by atoms with Crippen molar-refractivity contribution in [3.05, 3.63) is 71.1 Å². The van der Waals surface area contributed by atoms with Gasteiger partial charge in [0, 0.05) is 6.08 Å². The molecule has 126 valence electrons. The van der Waals surface area contributed by atoms with Gasteiger partial charge < -0.3 is 5.32 Å². The minimum absolute atomic E-state index is 0.0886. The lowest BCUT2D eigenvalue weighted by atomic mass is 10.1. The normalized spacial score (nSPS) is 11.8. The first-order chi connectivity index (χ1) is 11.2. The summed E-state index contributed by atoms with van der Waals surface area (Å²) in [5.41, 5.74) is -1.39. The van der Waals surface area contributed by atoms with Crippen LogP contribution in [0.25, 0.3) is 6.08 Å². The fourth-order valence-corrected chi connectivity index (χ4v) is 1.79. The summed E-state index contributed by atoms with van der Waals surface area (Å²) in [6.07, 6.45) is -2.61. The van der Waals surface area contributed by atoms with E-state index < -0.39 is 40.8 Å². The Kier molecular flexibility index (Phi) is 4.96. The number of rotatable bonds is 3. The molecule has 0 bridgehead atoms. The van der Waals surface area contributed by atoms with Gasteiger partial charge in [0.2, 0.25) is 5.91 Å². The predicted molar refractivity (Wildman–Crippen MR) is 75.4 cm³/mol. The number of hydrogen-bond donors (Lipinski definition) is 1. The second-order valence-electron chi connectivity index (χ2n) is 4.67. The van der Waals surface area contributed by atoms with Crippen LogP contribution in [0.15, 0.2) is 42.5 Å². The van der Waals surface area contributed by atoms with Gasteiger partial charge in [0.25, 0.3) is 0 Å². The van der Waals surface area contributed by atoms with Gasteiger partial charge in [-0.05, 0) is 35.9 Å². The number of nitrogens with one attached hydrogen (secondary N) is 1. The van der Waals surface area contributed by atoms with Gasteiger partial charge in [-0.2, -0.15) is 13.2 Å². The first-order valence-corrected chi connectivity index (χ1v) is 6.48. The summed E-state index contributed by atoms with van der Waals surface area (Å²) in [4.78, 5) is 11.6. The minimum atomic E-state index is -4.53. The van der Waals surface area contributed by atoms with Crippen LogP contribution < -0.4 is 5.32 Å². The molecule has 0 radical (unpaired) electrons. The van der Waals surface area contributed by atoms with Crippen molar-refractivity contribution in [2.75, 3.05) is 5.32 Å². The van der Waals surface area contributed by atoms with Gasteiger partial charge in [-0.25, -0.2) is 13.2 Å². The average molecular weight is 345 g/mol. The zero-order chi connectivity index (χ0) is 17.9. The molecule has 0 aromatic heterocycles. The topological polar surface area (TPSA) is 29.1 Å². The highest BCUT2D eigenvalue weighted by atomic mass is 19.4. The van der Waals surface area contributed by atoms with Crippen LogP contribution in [0.4, 0.5) is 32.0 Å². The van der Waals surface area contributed by atoms with E-state index in [0.717, 1.165) is 36.4 Å². The summed E-state index contributed by atoms with van der Waals surface area (Å²) >= 11 is 0. The Hall–Kier alpha value is -2.77. The minimum Gasteiger partial charge on any atom is -0.320 e. The second kappa shape index (κ2) is 6.77. The molecule has 2 aromatic carbocycles. The lowest BCUT2D eigenvalue weighted by Gasteiger charge is -2.07. The number of alkyl halides is 3. The van der Waals surface area contributed by atoms with E-state index >= 15 is 0 Å². The third-order valence-electron chi connectivity index (χ3n) is 2.93. The number of carbonyl (C=O) groups excluding carboxylic acids is 1. The number of anilines is 1. The summed E-state index contributed by atoms with van der Waals surface area (Å²) in [5.74, 6) is -5.65. The Morgan fingerprint density at radius 1 is 1.00 bits per heavy atom. The van der Waals surface area contributed by atoms with E-state index in [-0.39, 0.29) is 5.56 Å². The van der Waals surface area contributed by atoms with Crippen molar-refractivity contribution in [1.82, 2.24) is 0 Å². The molecule has 0 heterocycles. The molecule has 0 atom stereocenters. The SMILES string of the molecule is O=C(/C=C/c1cccc(C(F)(F)F)c1)Nc1ccc(F)c(F)c1F. The number of amides is 1. The standard InChI is InChI=1S/C16H9F6NO/c17-11-5-6-12(15(19)14(11)18)23-13(24)7-4-9-2-1-3-10(8-9)16(20,21)22/h1-8H,(H,23,24)/b7-4+. The maximum atomic E-state index is 13.4. The molecule has 0 fully saturated rings. The van der Waals surface area contributed by atoms with Gasteiger partial charge >= 0.3 is 6.18 Å². The molecule has 1 N–H and O–H groups in total. The van der Waals surface area contributed by atoms with E-state index in [9.17, 15) is 31.1 Å². The highest BCUT2D eigenvalue weighted by Crippen LogP contribution is 2.29. The third kappa shape index (κ3) is 4.15. The summed E-state index contributed by atoms with van der Waals surface area (Å²) in [7, 11) is 0. The molecule has 0 saturated carbocycles. The fourth-order valence-electron chi connectivity index (χ4n) is 1.79. The van der Waals surface area contributed by atoms with Crippen molar-refractivity contribution < 1.29 is 31.1 Å². The maximum Gasteiger partial charge on any atom is 0.416 e. The van der Waals surface area contributed by atoms with Gasteiger partial charge in [0.15, 0.2) is 17.5 Å².